The van der Waals surface area contributed by atoms with Crippen molar-refractivity contribution in [1.82, 2.24) is 10.2 Å². The molecule has 4 heteroatoms. The maximum atomic E-state index is 5.30. The number of hydrogen-bond acceptors (Lipinski definition) is 3. The van der Waals surface area contributed by atoms with E-state index in [1.165, 1.54) is 44.3 Å². The summed E-state index contributed by atoms with van der Waals surface area (Å²) in [6, 6.07) is 7.85. The third-order valence-electron chi connectivity index (χ3n) is 4.58. The fraction of sp³-hybridized carbons (Fsp3) is 0.625. The predicted molar refractivity (Wildman–Crippen MR) is 85.2 cm³/mol. The summed E-state index contributed by atoms with van der Waals surface area (Å²) < 4.78 is 6.35. The maximum absolute atomic E-state index is 5.30. The molecule has 20 heavy (non-hydrogen) atoms. The topological polar surface area (TPSA) is 24.5 Å². The van der Waals surface area contributed by atoms with Crippen molar-refractivity contribution >= 4 is 15.9 Å². The summed E-state index contributed by atoms with van der Waals surface area (Å²) >= 11 is 3.58. The van der Waals surface area contributed by atoms with Crippen molar-refractivity contribution < 1.29 is 4.74 Å². The number of ether oxygens (including phenoxy) is 1. The van der Waals surface area contributed by atoms with Crippen molar-refractivity contribution in [3.63, 3.8) is 0 Å². The van der Waals surface area contributed by atoms with Gasteiger partial charge in [0.05, 0.1) is 11.6 Å². The van der Waals surface area contributed by atoms with Crippen molar-refractivity contribution in [3.05, 3.63) is 28.2 Å². The normalized spacial score (nSPS) is 27.1. The van der Waals surface area contributed by atoms with Gasteiger partial charge in [0.15, 0.2) is 0 Å². The summed E-state index contributed by atoms with van der Waals surface area (Å²) in [6.07, 6.45) is 5.35. The molecule has 2 heterocycles. The molecule has 2 aliphatic rings. The number of benzene rings is 1. The molecule has 0 saturated carbocycles. The van der Waals surface area contributed by atoms with Gasteiger partial charge >= 0.3 is 0 Å². The molecule has 0 bridgehead atoms. The van der Waals surface area contributed by atoms with E-state index in [1.807, 2.05) is 0 Å². The van der Waals surface area contributed by atoms with Crippen molar-refractivity contribution in [3.8, 4) is 5.75 Å². The molecule has 2 unspecified atom stereocenters. The molecule has 0 radical (unpaired) electrons. The minimum absolute atomic E-state index is 0.708. The number of halogens is 1. The van der Waals surface area contributed by atoms with E-state index in [1.54, 1.807) is 7.11 Å². The van der Waals surface area contributed by atoms with Gasteiger partial charge in [0.1, 0.15) is 5.75 Å². The molecule has 0 spiro atoms. The molecule has 3 rings (SSSR count). The van der Waals surface area contributed by atoms with Crippen LogP contribution in [0.2, 0.25) is 0 Å². The molecule has 2 saturated heterocycles. The first-order valence-corrected chi connectivity index (χ1v) is 8.37. The molecule has 0 aliphatic carbocycles. The van der Waals surface area contributed by atoms with Gasteiger partial charge in [-0.25, -0.2) is 0 Å². The molecule has 2 atom stereocenters. The van der Waals surface area contributed by atoms with Crippen molar-refractivity contribution in [2.45, 2.75) is 44.3 Å². The number of nitrogens with one attached hydrogen (secondary N) is 1. The first kappa shape index (κ1) is 14.4. The Morgan fingerprint density at radius 3 is 2.95 bits per heavy atom. The van der Waals surface area contributed by atoms with Crippen LogP contribution in [0.25, 0.3) is 0 Å². The highest BCUT2D eigenvalue weighted by Gasteiger charge is 2.32. The first-order chi connectivity index (χ1) is 9.78. The number of likely N-dealkylation sites (tertiary alicyclic amines) is 1. The molecule has 110 valence electrons. The summed E-state index contributed by atoms with van der Waals surface area (Å²) in [6.45, 7) is 3.47. The van der Waals surface area contributed by atoms with Gasteiger partial charge in [0.2, 0.25) is 0 Å². The van der Waals surface area contributed by atoms with Crippen LogP contribution < -0.4 is 10.1 Å². The molecule has 1 aromatic carbocycles. The van der Waals surface area contributed by atoms with E-state index >= 15 is 0 Å². The van der Waals surface area contributed by atoms with Gasteiger partial charge in [0.25, 0.3) is 0 Å². The Kier molecular flexibility index (Phi) is 4.64. The van der Waals surface area contributed by atoms with E-state index in [0.717, 1.165) is 22.8 Å². The van der Waals surface area contributed by atoms with Crippen LogP contribution in [0.4, 0.5) is 0 Å². The Labute approximate surface area is 129 Å². The van der Waals surface area contributed by atoms with E-state index in [2.05, 4.69) is 44.3 Å². The third-order valence-corrected chi connectivity index (χ3v) is 5.20. The highest BCUT2D eigenvalue weighted by Crippen LogP contribution is 2.29. The first-order valence-electron chi connectivity index (χ1n) is 7.58. The van der Waals surface area contributed by atoms with Gasteiger partial charge in [-0.3, -0.25) is 4.90 Å². The molecular formula is C16H23BrN2O. The van der Waals surface area contributed by atoms with Gasteiger partial charge in [-0.15, -0.1) is 0 Å². The van der Waals surface area contributed by atoms with Crippen molar-refractivity contribution in [1.29, 1.82) is 0 Å². The number of hydrogen-bond donors (Lipinski definition) is 1. The van der Waals surface area contributed by atoms with Crippen LogP contribution >= 0.6 is 15.9 Å². The maximum Gasteiger partial charge on any atom is 0.133 e. The lowest BCUT2D eigenvalue weighted by Gasteiger charge is -2.29. The fourth-order valence-electron chi connectivity index (χ4n) is 3.59. The fourth-order valence-corrected chi connectivity index (χ4v) is 4.17. The Morgan fingerprint density at radius 1 is 1.35 bits per heavy atom. The lowest BCUT2D eigenvalue weighted by molar-refractivity contribution is 0.206. The van der Waals surface area contributed by atoms with Gasteiger partial charge in [-0.1, -0.05) is 6.07 Å². The highest BCUT2D eigenvalue weighted by molar-refractivity contribution is 9.10. The van der Waals surface area contributed by atoms with Crippen LogP contribution in [0.15, 0.2) is 22.7 Å². The quantitative estimate of drug-likeness (QED) is 0.912. The number of methoxy groups -OCH3 is 1. The Bertz CT molecular complexity index is 460. The third kappa shape index (κ3) is 3.02. The molecule has 1 N–H and O–H groups in total. The average molecular weight is 339 g/mol. The monoisotopic (exact) mass is 338 g/mol. The Morgan fingerprint density at radius 2 is 2.25 bits per heavy atom. The van der Waals surface area contributed by atoms with E-state index in [9.17, 15) is 0 Å². The zero-order chi connectivity index (χ0) is 13.9. The highest BCUT2D eigenvalue weighted by atomic mass is 79.9. The molecule has 3 nitrogen and oxygen atoms in total. The minimum Gasteiger partial charge on any atom is -0.496 e. The predicted octanol–water partition coefficient (Wildman–Crippen LogP) is 3.17. The number of rotatable bonds is 4. The Hall–Kier alpha value is -0.580. The van der Waals surface area contributed by atoms with Crippen LogP contribution in [0.3, 0.4) is 0 Å². The zero-order valence-electron chi connectivity index (χ0n) is 12.1. The molecule has 2 aliphatic heterocycles. The van der Waals surface area contributed by atoms with Gasteiger partial charge in [0, 0.05) is 18.6 Å². The summed E-state index contributed by atoms with van der Waals surface area (Å²) in [5, 5.41) is 3.67. The lowest BCUT2D eigenvalue weighted by atomic mass is 10.0. The van der Waals surface area contributed by atoms with Crippen LogP contribution in [-0.4, -0.2) is 37.2 Å². The van der Waals surface area contributed by atoms with E-state index in [0.29, 0.717) is 6.04 Å². The Balaban J connectivity index is 1.68. The molecule has 1 aromatic rings. The van der Waals surface area contributed by atoms with Crippen LogP contribution in [0.1, 0.15) is 31.2 Å². The smallest absolute Gasteiger partial charge is 0.133 e. The molecule has 2 fully saturated rings. The summed E-state index contributed by atoms with van der Waals surface area (Å²) in [5.41, 5.74) is 1.36. The largest absolute Gasteiger partial charge is 0.496 e. The van der Waals surface area contributed by atoms with Crippen LogP contribution in [0, 0.1) is 0 Å². The zero-order valence-corrected chi connectivity index (χ0v) is 13.7. The second-order valence-corrected chi connectivity index (χ2v) is 6.71. The van der Waals surface area contributed by atoms with Gasteiger partial charge in [-0.2, -0.15) is 0 Å². The summed E-state index contributed by atoms with van der Waals surface area (Å²) in [5.74, 6) is 0.907. The molecule has 0 amide bonds. The van der Waals surface area contributed by atoms with Crippen LogP contribution in [-0.2, 0) is 6.54 Å². The molecular weight excluding hydrogens is 316 g/mol. The summed E-state index contributed by atoms with van der Waals surface area (Å²) in [4.78, 5) is 2.65. The van der Waals surface area contributed by atoms with Crippen LogP contribution in [0.5, 0.6) is 5.75 Å². The second kappa shape index (κ2) is 6.46. The van der Waals surface area contributed by atoms with Crippen molar-refractivity contribution in [2.24, 2.45) is 0 Å². The summed E-state index contributed by atoms with van der Waals surface area (Å²) in [7, 11) is 1.71. The SMILES string of the molecule is COc1ccc(CN2CCCC2C2CCCN2)cc1Br. The molecule has 0 aromatic heterocycles. The second-order valence-electron chi connectivity index (χ2n) is 5.85. The van der Waals surface area contributed by atoms with E-state index in [-0.39, 0.29) is 0 Å². The number of nitrogens with zero attached hydrogens (tertiary/aromatic N) is 1. The lowest BCUT2D eigenvalue weighted by Crippen LogP contribution is -2.43. The average Bonchev–Trinajstić information content (AvgIpc) is 3.09. The van der Waals surface area contributed by atoms with E-state index < -0.39 is 0 Å². The minimum atomic E-state index is 0.708. The standard InChI is InChI=1S/C16H23BrN2O/c1-20-16-7-6-12(10-13(16)17)11-19-9-3-5-15(19)14-4-2-8-18-14/h6-7,10,14-15,18H,2-5,8-9,11H2,1H3. The van der Waals surface area contributed by atoms with Gasteiger partial charge in [-0.05, 0) is 72.4 Å². The van der Waals surface area contributed by atoms with Crippen molar-refractivity contribution in [2.75, 3.05) is 20.2 Å². The van der Waals surface area contributed by atoms with Gasteiger partial charge < -0.3 is 10.1 Å². The van der Waals surface area contributed by atoms with E-state index in [4.69, 9.17) is 4.74 Å².